The number of thiophene rings is 2. The van der Waals surface area contributed by atoms with E-state index in [4.69, 9.17) is 0 Å². The van der Waals surface area contributed by atoms with Gasteiger partial charge < -0.3 is 0 Å². The van der Waals surface area contributed by atoms with Crippen LogP contribution in [-0.2, 0) is 28.3 Å². The molecule has 0 bridgehead atoms. The van der Waals surface area contributed by atoms with Crippen LogP contribution in [0, 0.1) is 0 Å². The second-order valence-corrected chi connectivity index (χ2v) is 10.5. The van der Waals surface area contributed by atoms with Crippen LogP contribution in [0.1, 0.15) is 9.75 Å². The zero-order valence-corrected chi connectivity index (χ0v) is 16.5. The molecule has 0 spiro atoms. The van der Waals surface area contributed by atoms with Crippen LogP contribution >= 0.6 is 68.9 Å². The standard InChI is InChI=1S/C13H10OS6.Co/c14-13-19-11(17-7-9-3-1-5-15-9)12(20-13)18-8-10-4-2-6-16-10;/h1-6H,7-8H2;. The Bertz CT molecular complexity index is 639. The normalized spacial score (nSPS) is 10.5. The molecule has 113 valence electrons. The summed E-state index contributed by atoms with van der Waals surface area (Å²) < 4.78 is 2.55. The molecule has 0 aliphatic heterocycles. The summed E-state index contributed by atoms with van der Waals surface area (Å²) in [6.07, 6.45) is 0. The molecule has 0 aliphatic carbocycles. The van der Waals surface area contributed by atoms with E-state index in [1.165, 1.54) is 40.8 Å². The molecule has 8 heteroatoms. The number of hydrogen-bond donors (Lipinski definition) is 0. The van der Waals surface area contributed by atoms with Crippen molar-refractivity contribution in [3.8, 4) is 0 Å². The Morgan fingerprint density at radius 3 is 1.71 bits per heavy atom. The summed E-state index contributed by atoms with van der Waals surface area (Å²) in [5.41, 5.74) is 0. The molecule has 0 atom stereocenters. The summed E-state index contributed by atoms with van der Waals surface area (Å²) in [6, 6.07) is 8.43. The molecule has 0 aliphatic rings. The van der Waals surface area contributed by atoms with Gasteiger partial charge in [0, 0.05) is 38.0 Å². The number of rotatable bonds is 6. The van der Waals surface area contributed by atoms with Gasteiger partial charge in [-0.2, -0.15) is 0 Å². The van der Waals surface area contributed by atoms with Gasteiger partial charge in [-0.25, -0.2) is 0 Å². The molecule has 0 aromatic carbocycles. The summed E-state index contributed by atoms with van der Waals surface area (Å²) in [5.74, 6) is 1.91. The average Bonchev–Trinajstić information content (AvgIpc) is 3.16. The minimum absolute atomic E-state index is 0. The third kappa shape index (κ3) is 5.24. The molecule has 0 saturated carbocycles. The van der Waals surface area contributed by atoms with E-state index in [-0.39, 0.29) is 20.8 Å². The van der Waals surface area contributed by atoms with Crippen molar-refractivity contribution in [2.24, 2.45) is 0 Å². The van der Waals surface area contributed by atoms with E-state index in [0.717, 1.165) is 11.5 Å². The van der Waals surface area contributed by atoms with E-state index in [1.54, 1.807) is 46.2 Å². The molecule has 0 fully saturated rings. The predicted molar refractivity (Wildman–Crippen MR) is 96.2 cm³/mol. The molecule has 1 nitrogen and oxygen atoms in total. The minimum Gasteiger partial charge on any atom is -0.265 e. The van der Waals surface area contributed by atoms with E-state index < -0.39 is 0 Å². The van der Waals surface area contributed by atoms with Crippen LogP contribution in [0.3, 0.4) is 0 Å². The van der Waals surface area contributed by atoms with Crippen molar-refractivity contribution in [1.29, 1.82) is 0 Å². The maximum absolute atomic E-state index is 11.6. The molecular weight excluding hydrogens is 423 g/mol. The third-order valence-corrected chi connectivity index (χ3v) is 9.67. The molecule has 3 aromatic heterocycles. The molecule has 3 heterocycles. The van der Waals surface area contributed by atoms with Crippen molar-refractivity contribution in [2.45, 2.75) is 19.9 Å². The van der Waals surface area contributed by atoms with E-state index in [1.807, 2.05) is 0 Å². The van der Waals surface area contributed by atoms with Crippen molar-refractivity contribution in [2.75, 3.05) is 0 Å². The van der Waals surface area contributed by atoms with Crippen LogP contribution in [0.15, 0.2) is 48.2 Å². The molecule has 0 saturated heterocycles. The van der Waals surface area contributed by atoms with Gasteiger partial charge in [-0.1, -0.05) is 34.8 Å². The van der Waals surface area contributed by atoms with Crippen molar-refractivity contribution >= 4 is 68.9 Å². The van der Waals surface area contributed by atoms with Gasteiger partial charge in [0.05, 0.1) is 8.42 Å². The van der Waals surface area contributed by atoms with Gasteiger partial charge >= 0.3 is 0 Å². The molecule has 0 N–H and O–H groups in total. The first kappa shape index (κ1) is 17.8. The predicted octanol–water partition coefficient (Wildman–Crippen LogP) is 5.87. The fraction of sp³-hybridized carbons (Fsp3) is 0.154. The molecule has 21 heavy (non-hydrogen) atoms. The number of hydrogen-bond acceptors (Lipinski definition) is 7. The van der Waals surface area contributed by atoms with Gasteiger partial charge in [-0.05, 0) is 22.9 Å². The monoisotopic (exact) mass is 433 g/mol. The Balaban J connectivity index is 0.00000161. The van der Waals surface area contributed by atoms with Gasteiger partial charge in [0.1, 0.15) is 0 Å². The van der Waals surface area contributed by atoms with Crippen molar-refractivity contribution in [3.63, 3.8) is 0 Å². The van der Waals surface area contributed by atoms with Crippen LogP contribution in [0.25, 0.3) is 0 Å². The van der Waals surface area contributed by atoms with Crippen LogP contribution < -0.4 is 4.06 Å². The minimum atomic E-state index is 0. The largest absolute Gasteiger partial charge is 0.289 e. The van der Waals surface area contributed by atoms with Crippen molar-refractivity contribution < 1.29 is 16.8 Å². The summed E-state index contributed by atoms with van der Waals surface area (Å²) in [7, 11) is 0. The maximum atomic E-state index is 11.6. The Morgan fingerprint density at radius 2 is 1.33 bits per heavy atom. The first-order chi connectivity index (χ1) is 9.81. The maximum Gasteiger partial charge on any atom is 0.289 e. The summed E-state index contributed by atoms with van der Waals surface area (Å²) in [6.45, 7) is 0. The fourth-order valence-corrected chi connectivity index (χ4v) is 8.28. The number of thioether (sulfide) groups is 2. The Labute approximate surface area is 158 Å². The van der Waals surface area contributed by atoms with Crippen molar-refractivity contribution in [3.05, 3.63) is 53.6 Å². The Kier molecular flexibility index (Phi) is 7.57. The quantitative estimate of drug-likeness (QED) is 0.452. The average molecular weight is 434 g/mol. The molecule has 0 amide bonds. The van der Waals surface area contributed by atoms with Crippen LogP contribution in [-0.4, -0.2) is 0 Å². The van der Waals surface area contributed by atoms with Crippen LogP contribution in [0.5, 0.6) is 0 Å². The molecule has 3 rings (SSSR count). The Morgan fingerprint density at radius 1 is 0.857 bits per heavy atom. The van der Waals surface area contributed by atoms with Gasteiger partial charge in [-0.3, -0.25) is 4.79 Å². The van der Waals surface area contributed by atoms with Crippen molar-refractivity contribution in [1.82, 2.24) is 0 Å². The molecule has 0 unspecified atom stereocenters. The van der Waals surface area contributed by atoms with Gasteiger partial charge in [0.15, 0.2) is 0 Å². The SMILES string of the molecule is O=c1sc(SCc2cccs2)c(SCc2cccs2)s1.[Co]. The van der Waals surface area contributed by atoms with Crippen LogP contribution in [0.2, 0.25) is 0 Å². The van der Waals surface area contributed by atoms with Gasteiger partial charge in [0.2, 0.25) is 0 Å². The molecule has 3 aromatic rings. The van der Waals surface area contributed by atoms with E-state index >= 15 is 0 Å². The third-order valence-electron chi connectivity index (χ3n) is 2.37. The van der Waals surface area contributed by atoms with E-state index in [9.17, 15) is 4.79 Å². The molecular formula is C13H10CoOS6. The summed E-state index contributed by atoms with van der Waals surface area (Å²) in [5, 5.41) is 4.19. The zero-order valence-electron chi connectivity index (χ0n) is 10.6. The second-order valence-electron chi connectivity index (χ2n) is 3.77. The van der Waals surface area contributed by atoms with E-state index in [0.29, 0.717) is 0 Å². The summed E-state index contributed by atoms with van der Waals surface area (Å²) >= 11 is 9.88. The fourth-order valence-electron chi connectivity index (χ4n) is 1.50. The molecule has 1 radical (unpaired) electrons. The first-order valence-electron chi connectivity index (χ1n) is 5.75. The zero-order chi connectivity index (χ0) is 13.8. The smallest absolute Gasteiger partial charge is 0.265 e. The van der Waals surface area contributed by atoms with E-state index in [2.05, 4.69) is 35.0 Å². The van der Waals surface area contributed by atoms with Gasteiger partial charge in [-0.15, -0.1) is 46.2 Å². The second kappa shape index (κ2) is 8.92. The Hall–Kier alpha value is 0.456. The first-order valence-corrected chi connectivity index (χ1v) is 11.1. The topological polar surface area (TPSA) is 17.1 Å². The summed E-state index contributed by atoms with van der Waals surface area (Å²) in [4.78, 5) is 14.4. The van der Waals surface area contributed by atoms with Crippen LogP contribution in [0.4, 0.5) is 0 Å². The van der Waals surface area contributed by atoms with Gasteiger partial charge in [0.25, 0.3) is 4.06 Å².